The molecule has 3 aromatic rings. The van der Waals surface area contributed by atoms with Crippen LogP contribution in [0.5, 0.6) is 0 Å². The fourth-order valence-corrected chi connectivity index (χ4v) is 3.31. The lowest BCUT2D eigenvalue weighted by molar-refractivity contribution is 0.160. The number of benzene rings is 3. The van der Waals surface area contributed by atoms with Crippen LogP contribution in [0.4, 0.5) is 5.69 Å². The average molecular weight is 400 g/mol. The second-order valence-electron chi connectivity index (χ2n) is 6.90. The van der Waals surface area contributed by atoms with E-state index in [1.165, 1.54) is 11.1 Å². The fraction of sp³-hybridized carbons (Fsp3) is 0.217. The van der Waals surface area contributed by atoms with E-state index >= 15 is 0 Å². The Balaban J connectivity index is 1.87. The van der Waals surface area contributed by atoms with Crippen molar-refractivity contribution in [2.24, 2.45) is 0 Å². The first-order valence-electron chi connectivity index (χ1n) is 8.95. The third-order valence-corrected chi connectivity index (χ3v) is 5.40. The van der Waals surface area contributed by atoms with Gasteiger partial charge in [-0.1, -0.05) is 76.8 Å². The van der Waals surface area contributed by atoms with Crippen LogP contribution in [0.15, 0.2) is 66.7 Å². The van der Waals surface area contributed by atoms with Gasteiger partial charge in [0.25, 0.3) is 0 Å². The minimum absolute atomic E-state index is 0.112. The second-order valence-corrected chi connectivity index (χ2v) is 7.71. The molecular formula is C23H23Cl2NO. The van der Waals surface area contributed by atoms with Crippen molar-refractivity contribution < 1.29 is 5.11 Å². The van der Waals surface area contributed by atoms with Gasteiger partial charge in [-0.05, 0) is 49.2 Å². The first-order valence-corrected chi connectivity index (χ1v) is 9.71. The maximum atomic E-state index is 10.8. The molecule has 2 N–H and O–H groups in total. The Morgan fingerprint density at radius 2 is 1.33 bits per heavy atom. The number of hydrogen-bond acceptors (Lipinski definition) is 2. The Hall–Kier alpha value is -2.00. The first-order chi connectivity index (χ1) is 12.9. The number of rotatable bonds is 6. The molecule has 0 radical (unpaired) electrons. The number of nitrogens with one attached hydrogen (secondary N) is 1. The topological polar surface area (TPSA) is 32.3 Å². The highest BCUT2D eigenvalue weighted by Gasteiger charge is 2.19. The van der Waals surface area contributed by atoms with Crippen LogP contribution >= 0.6 is 23.2 Å². The van der Waals surface area contributed by atoms with Crippen LogP contribution in [0.1, 0.15) is 40.8 Å². The molecular weight excluding hydrogens is 377 g/mol. The summed E-state index contributed by atoms with van der Waals surface area (Å²) in [5.74, 6) is 0. The summed E-state index contributed by atoms with van der Waals surface area (Å²) < 4.78 is 0. The molecule has 0 spiro atoms. The fourth-order valence-electron chi connectivity index (χ4n) is 3.01. The zero-order chi connectivity index (χ0) is 19.4. The molecule has 0 heterocycles. The summed E-state index contributed by atoms with van der Waals surface area (Å²) in [5, 5.41) is 15.3. The van der Waals surface area contributed by atoms with E-state index in [-0.39, 0.29) is 6.04 Å². The van der Waals surface area contributed by atoms with Crippen LogP contribution in [0.25, 0.3) is 0 Å². The van der Waals surface area contributed by atoms with Crippen LogP contribution < -0.4 is 5.32 Å². The van der Waals surface area contributed by atoms with Crippen molar-refractivity contribution in [1.82, 2.24) is 0 Å². The Kier molecular flexibility index (Phi) is 6.43. The van der Waals surface area contributed by atoms with E-state index in [1.54, 1.807) is 6.07 Å². The number of hydrogen-bond donors (Lipinski definition) is 2. The number of anilines is 1. The van der Waals surface area contributed by atoms with Crippen molar-refractivity contribution in [3.63, 3.8) is 0 Å². The molecule has 0 aliphatic rings. The lowest BCUT2D eigenvalue weighted by Crippen LogP contribution is -2.15. The highest BCUT2D eigenvalue weighted by atomic mass is 35.5. The molecule has 0 fully saturated rings. The van der Waals surface area contributed by atoms with Crippen LogP contribution in [0, 0.1) is 13.8 Å². The largest absolute Gasteiger partial charge is 0.388 e. The summed E-state index contributed by atoms with van der Waals surface area (Å²) in [6.07, 6.45) is -0.0856. The molecule has 0 aliphatic carbocycles. The molecule has 0 aromatic heterocycles. The van der Waals surface area contributed by atoms with E-state index in [2.05, 4.69) is 24.4 Å². The Labute approximate surface area is 170 Å². The molecule has 0 aliphatic heterocycles. The van der Waals surface area contributed by atoms with Crippen molar-refractivity contribution in [3.05, 3.63) is 99.0 Å². The average Bonchev–Trinajstić information content (AvgIpc) is 2.65. The van der Waals surface area contributed by atoms with Crippen LogP contribution in [0.3, 0.4) is 0 Å². The normalized spacial score (nSPS) is 13.2. The molecule has 3 rings (SSSR count). The lowest BCUT2D eigenvalue weighted by Gasteiger charge is -2.24. The molecule has 27 heavy (non-hydrogen) atoms. The van der Waals surface area contributed by atoms with Gasteiger partial charge in [0, 0.05) is 12.1 Å². The van der Waals surface area contributed by atoms with Crippen LogP contribution in [-0.2, 0) is 0 Å². The quantitative estimate of drug-likeness (QED) is 0.472. The summed E-state index contributed by atoms with van der Waals surface area (Å²) in [5.41, 5.74) is 5.25. The van der Waals surface area contributed by atoms with E-state index in [0.29, 0.717) is 16.5 Å². The molecule has 0 saturated carbocycles. The highest BCUT2D eigenvalue weighted by Crippen LogP contribution is 2.33. The summed E-state index contributed by atoms with van der Waals surface area (Å²) in [6, 6.07) is 21.7. The number of aryl methyl sites for hydroxylation is 2. The van der Waals surface area contributed by atoms with Gasteiger partial charge in [-0.15, -0.1) is 0 Å². The molecule has 2 nitrogen and oxygen atoms in total. The van der Waals surface area contributed by atoms with E-state index in [4.69, 9.17) is 23.2 Å². The highest BCUT2D eigenvalue weighted by molar-refractivity contribution is 6.42. The van der Waals surface area contributed by atoms with Crippen molar-refractivity contribution in [1.29, 1.82) is 0 Å². The van der Waals surface area contributed by atoms with Crippen LogP contribution in [0.2, 0.25) is 10.0 Å². The standard InChI is InChI=1S/C23H23Cl2NO/c1-15-3-7-17(8-4-15)23(27)14-22(18-9-12-20(24)21(25)13-18)26-19-10-5-16(2)6-11-19/h3-13,22-23,26-27H,14H2,1-2H3. The zero-order valence-corrected chi connectivity index (χ0v) is 16.9. The van der Waals surface area contributed by atoms with Gasteiger partial charge < -0.3 is 10.4 Å². The SMILES string of the molecule is Cc1ccc(NC(CC(O)c2ccc(C)cc2)c2ccc(Cl)c(Cl)c2)cc1. The Morgan fingerprint density at radius 1 is 0.778 bits per heavy atom. The minimum atomic E-state index is -0.594. The molecule has 0 saturated heterocycles. The van der Waals surface area contributed by atoms with Gasteiger partial charge in [-0.25, -0.2) is 0 Å². The molecule has 140 valence electrons. The van der Waals surface area contributed by atoms with E-state index in [1.807, 2.05) is 55.5 Å². The Bertz CT molecular complexity index is 891. The predicted molar refractivity (Wildman–Crippen MR) is 115 cm³/mol. The van der Waals surface area contributed by atoms with E-state index in [0.717, 1.165) is 16.8 Å². The van der Waals surface area contributed by atoms with Gasteiger partial charge in [0.1, 0.15) is 0 Å². The van der Waals surface area contributed by atoms with Crippen molar-refractivity contribution in [3.8, 4) is 0 Å². The molecule has 3 aromatic carbocycles. The van der Waals surface area contributed by atoms with Gasteiger partial charge >= 0.3 is 0 Å². The molecule has 2 atom stereocenters. The summed E-state index contributed by atoms with van der Waals surface area (Å²) >= 11 is 12.3. The summed E-state index contributed by atoms with van der Waals surface area (Å²) in [4.78, 5) is 0. The molecule has 0 bridgehead atoms. The van der Waals surface area contributed by atoms with Gasteiger partial charge in [-0.3, -0.25) is 0 Å². The van der Waals surface area contributed by atoms with Gasteiger partial charge in [0.2, 0.25) is 0 Å². The van der Waals surface area contributed by atoms with Crippen LogP contribution in [-0.4, -0.2) is 5.11 Å². The molecule has 0 amide bonds. The number of aliphatic hydroxyl groups excluding tert-OH is 1. The Morgan fingerprint density at radius 3 is 1.93 bits per heavy atom. The third-order valence-electron chi connectivity index (χ3n) is 4.66. The maximum absolute atomic E-state index is 10.8. The van der Waals surface area contributed by atoms with Crippen molar-refractivity contribution in [2.75, 3.05) is 5.32 Å². The van der Waals surface area contributed by atoms with Gasteiger partial charge in [-0.2, -0.15) is 0 Å². The lowest BCUT2D eigenvalue weighted by atomic mass is 9.96. The third kappa shape index (κ3) is 5.26. The van der Waals surface area contributed by atoms with Gasteiger partial charge in [0.05, 0.1) is 22.2 Å². The minimum Gasteiger partial charge on any atom is -0.388 e. The summed E-state index contributed by atoms with van der Waals surface area (Å²) in [6.45, 7) is 4.09. The first kappa shape index (κ1) is 19.8. The molecule has 4 heteroatoms. The maximum Gasteiger partial charge on any atom is 0.0812 e. The summed E-state index contributed by atoms with van der Waals surface area (Å²) in [7, 11) is 0. The zero-order valence-electron chi connectivity index (χ0n) is 15.4. The number of halogens is 2. The number of aliphatic hydroxyl groups is 1. The smallest absolute Gasteiger partial charge is 0.0812 e. The van der Waals surface area contributed by atoms with E-state index in [9.17, 15) is 5.11 Å². The molecule has 2 unspecified atom stereocenters. The van der Waals surface area contributed by atoms with Gasteiger partial charge in [0.15, 0.2) is 0 Å². The second kappa shape index (κ2) is 8.79. The van der Waals surface area contributed by atoms with E-state index < -0.39 is 6.10 Å². The monoisotopic (exact) mass is 399 g/mol. The van der Waals surface area contributed by atoms with Crippen molar-refractivity contribution in [2.45, 2.75) is 32.4 Å². The van der Waals surface area contributed by atoms with Crippen molar-refractivity contribution >= 4 is 28.9 Å². The predicted octanol–water partition coefficient (Wildman–Crippen LogP) is 6.89.